The number of ether oxygens (including phenoxy) is 3. The monoisotopic (exact) mass is 349 g/mol. The zero-order valence-electron chi connectivity index (χ0n) is 15.2. The van der Waals surface area contributed by atoms with Crippen molar-refractivity contribution in [2.45, 2.75) is 37.7 Å². The van der Waals surface area contributed by atoms with Crippen LogP contribution in [0.3, 0.4) is 0 Å². The van der Waals surface area contributed by atoms with Gasteiger partial charge in [0.15, 0.2) is 11.5 Å². The fourth-order valence-corrected chi connectivity index (χ4v) is 4.14. The molecule has 138 valence electrons. The molecule has 6 nitrogen and oxygen atoms in total. The van der Waals surface area contributed by atoms with Gasteiger partial charge in [0.2, 0.25) is 5.75 Å². The van der Waals surface area contributed by atoms with Crippen LogP contribution in [0.1, 0.15) is 42.5 Å². The Hall–Kier alpha value is -1.95. The van der Waals surface area contributed by atoms with Gasteiger partial charge in [-0.25, -0.2) is 0 Å². The van der Waals surface area contributed by atoms with Crippen LogP contribution in [-0.4, -0.2) is 55.9 Å². The first-order valence-electron chi connectivity index (χ1n) is 8.84. The summed E-state index contributed by atoms with van der Waals surface area (Å²) in [5.74, 6) is 1.52. The largest absolute Gasteiger partial charge is 0.493 e. The average molecular weight is 349 g/mol. The van der Waals surface area contributed by atoms with Gasteiger partial charge in [-0.3, -0.25) is 4.79 Å². The molecule has 1 aliphatic heterocycles. The molecule has 1 amide bonds. The maximum Gasteiger partial charge on any atom is 0.254 e. The Kier molecular flexibility index (Phi) is 5.08. The molecule has 1 aromatic rings. The number of benzene rings is 1. The number of aliphatic hydroxyl groups is 1. The number of rotatable bonds is 4. The minimum Gasteiger partial charge on any atom is -0.493 e. The number of hydrogen-bond donors (Lipinski definition) is 1. The van der Waals surface area contributed by atoms with Crippen molar-refractivity contribution in [3.8, 4) is 17.2 Å². The smallest absolute Gasteiger partial charge is 0.254 e. The Balaban J connectivity index is 1.83. The minimum absolute atomic E-state index is 0.0631. The number of carbonyl (C=O) groups is 1. The number of piperidine rings is 1. The summed E-state index contributed by atoms with van der Waals surface area (Å²) in [5.41, 5.74) is -0.0830. The Morgan fingerprint density at radius 3 is 2.40 bits per heavy atom. The zero-order chi connectivity index (χ0) is 18.0. The SMILES string of the molecule is COc1cc(C(=O)N2CC[C@@]3(O)CCCC[C@@H]3C2)cc(OC)c1OC. The average Bonchev–Trinajstić information content (AvgIpc) is 2.65. The fourth-order valence-electron chi connectivity index (χ4n) is 4.14. The van der Waals surface area contributed by atoms with Crippen molar-refractivity contribution in [2.24, 2.45) is 5.92 Å². The zero-order valence-corrected chi connectivity index (χ0v) is 15.2. The summed E-state index contributed by atoms with van der Waals surface area (Å²) in [7, 11) is 4.61. The fraction of sp³-hybridized carbons (Fsp3) is 0.632. The quantitative estimate of drug-likeness (QED) is 0.904. The number of likely N-dealkylation sites (tertiary alicyclic amines) is 1. The van der Waals surface area contributed by atoms with Gasteiger partial charge in [-0.1, -0.05) is 12.8 Å². The lowest BCUT2D eigenvalue weighted by atomic mass is 9.71. The van der Waals surface area contributed by atoms with Gasteiger partial charge >= 0.3 is 0 Å². The van der Waals surface area contributed by atoms with Crippen LogP contribution in [0.15, 0.2) is 12.1 Å². The predicted octanol–water partition coefficient (Wildman–Crippen LogP) is 2.48. The van der Waals surface area contributed by atoms with Crippen LogP contribution in [0, 0.1) is 5.92 Å². The van der Waals surface area contributed by atoms with Gasteiger partial charge in [0, 0.05) is 24.6 Å². The van der Waals surface area contributed by atoms with Gasteiger partial charge in [0.25, 0.3) is 5.91 Å². The minimum atomic E-state index is -0.593. The molecule has 1 saturated heterocycles. The lowest BCUT2D eigenvalue weighted by molar-refractivity contribution is -0.0886. The highest BCUT2D eigenvalue weighted by atomic mass is 16.5. The lowest BCUT2D eigenvalue weighted by Crippen LogP contribution is -2.54. The Morgan fingerprint density at radius 1 is 1.12 bits per heavy atom. The number of fused-ring (bicyclic) bond motifs is 1. The summed E-state index contributed by atoms with van der Waals surface area (Å²) >= 11 is 0. The number of amides is 1. The highest BCUT2D eigenvalue weighted by molar-refractivity contribution is 5.95. The molecule has 1 heterocycles. The molecular formula is C19H27NO5. The molecule has 1 aliphatic carbocycles. The Morgan fingerprint density at radius 2 is 1.80 bits per heavy atom. The third-order valence-electron chi connectivity index (χ3n) is 5.63. The van der Waals surface area contributed by atoms with E-state index < -0.39 is 5.60 Å². The molecule has 2 fully saturated rings. The highest BCUT2D eigenvalue weighted by Gasteiger charge is 2.43. The van der Waals surface area contributed by atoms with Crippen LogP contribution in [0.5, 0.6) is 17.2 Å². The molecule has 6 heteroatoms. The maximum absolute atomic E-state index is 13.0. The Bertz CT molecular complexity index is 622. The van der Waals surface area contributed by atoms with Crippen molar-refractivity contribution in [3.05, 3.63) is 17.7 Å². The molecule has 0 unspecified atom stereocenters. The molecule has 0 aromatic heterocycles. The van der Waals surface area contributed by atoms with Crippen LogP contribution >= 0.6 is 0 Å². The van der Waals surface area contributed by atoms with Crippen LogP contribution in [0.2, 0.25) is 0 Å². The number of hydrogen-bond acceptors (Lipinski definition) is 5. The second-order valence-electron chi connectivity index (χ2n) is 6.96. The van der Waals surface area contributed by atoms with E-state index in [1.165, 1.54) is 21.3 Å². The standard InChI is InChI=1S/C19H27NO5/c1-23-15-10-13(11-16(24-2)17(15)25-3)18(21)20-9-8-19(22)7-5-4-6-14(19)12-20/h10-11,14,22H,4-9,12H2,1-3H3/t14-,19+/m1/s1. The van der Waals surface area contributed by atoms with E-state index in [1.807, 2.05) is 4.90 Å². The van der Waals surface area contributed by atoms with Gasteiger partial charge in [-0.2, -0.15) is 0 Å². The molecule has 1 N–H and O–H groups in total. The molecule has 0 bridgehead atoms. The van der Waals surface area contributed by atoms with Gasteiger partial charge < -0.3 is 24.2 Å². The predicted molar refractivity (Wildman–Crippen MR) is 93.5 cm³/mol. The van der Waals surface area contributed by atoms with E-state index in [4.69, 9.17) is 14.2 Å². The van der Waals surface area contributed by atoms with Crippen molar-refractivity contribution in [1.82, 2.24) is 4.90 Å². The first-order valence-corrected chi connectivity index (χ1v) is 8.84. The molecule has 2 atom stereocenters. The molecular weight excluding hydrogens is 322 g/mol. The third kappa shape index (κ3) is 3.27. The van der Waals surface area contributed by atoms with E-state index in [0.29, 0.717) is 42.3 Å². The van der Waals surface area contributed by atoms with Crippen molar-refractivity contribution in [3.63, 3.8) is 0 Å². The normalized spacial score (nSPS) is 25.9. The van der Waals surface area contributed by atoms with E-state index in [0.717, 1.165) is 25.7 Å². The summed E-state index contributed by atoms with van der Waals surface area (Å²) in [6, 6.07) is 3.37. The van der Waals surface area contributed by atoms with Crippen LogP contribution in [0.4, 0.5) is 0 Å². The molecule has 2 aliphatic rings. The lowest BCUT2D eigenvalue weighted by Gasteiger charge is -2.47. The summed E-state index contributed by atoms with van der Waals surface area (Å²) < 4.78 is 16.0. The van der Waals surface area contributed by atoms with Crippen molar-refractivity contribution >= 4 is 5.91 Å². The van der Waals surface area contributed by atoms with E-state index in [9.17, 15) is 9.90 Å². The van der Waals surface area contributed by atoms with Crippen molar-refractivity contribution in [2.75, 3.05) is 34.4 Å². The van der Waals surface area contributed by atoms with Crippen LogP contribution < -0.4 is 14.2 Å². The van der Waals surface area contributed by atoms with E-state index >= 15 is 0 Å². The molecule has 3 rings (SSSR count). The second-order valence-corrected chi connectivity index (χ2v) is 6.96. The van der Waals surface area contributed by atoms with Crippen molar-refractivity contribution < 1.29 is 24.1 Å². The van der Waals surface area contributed by atoms with Gasteiger partial charge in [-0.05, 0) is 31.4 Å². The third-order valence-corrected chi connectivity index (χ3v) is 5.63. The topological polar surface area (TPSA) is 68.2 Å². The summed E-state index contributed by atoms with van der Waals surface area (Å²) in [5, 5.41) is 10.8. The van der Waals surface area contributed by atoms with Crippen LogP contribution in [0.25, 0.3) is 0 Å². The molecule has 0 spiro atoms. The summed E-state index contributed by atoms with van der Waals surface area (Å²) in [4.78, 5) is 14.8. The van der Waals surface area contributed by atoms with Crippen molar-refractivity contribution in [1.29, 1.82) is 0 Å². The molecule has 1 aromatic carbocycles. The van der Waals surface area contributed by atoms with Gasteiger partial charge in [0.1, 0.15) is 0 Å². The van der Waals surface area contributed by atoms with E-state index in [1.54, 1.807) is 12.1 Å². The van der Waals surface area contributed by atoms with E-state index in [-0.39, 0.29) is 11.8 Å². The van der Waals surface area contributed by atoms with E-state index in [2.05, 4.69) is 0 Å². The number of carbonyl (C=O) groups excluding carboxylic acids is 1. The molecule has 25 heavy (non-hydrogen) atoms. The summed E-state index contributed by atoms with van der Waals surface area (Å²) in [6.45, 7) is 1.18. The highest BCUT2D eigenvalue weighted by Crippen LogP contribution is 2.41. The molecule has 0 radical (unpaired) electrons. The molecule has 1 saturated carbocycles. The van der Waals surface area contributed by atoms with Gasteiger partial charge in [0.05, 0.1) is 26.9 Å². The number of nitrogens with zero attached hydrogens (tertiary/aromatic N) is 1. The number of methoxy groups -OCH3 is 3. The maximum atomic E-state index is 13.0. The first-order chi connectivity index (χ1) is 12.0. The van der Waals surface area contributed by atoms with Crippen LogP contribution in [-0.2, 0) is 0 Å². The second kappa shape index (κ2) is 7.12. The Labute approximate surface area is 148 Å². The summed E-state index contributed by atoms with van der Waals surface area (Å²) in [6.07, 6.45) is 4.68. The first kappa shape index (κ1) is 17.9. The van der Waals surface area contributed by atoms with Gasteiger partial charge in [-0.15, -0.1) is 0 Å².